The van der Waals surface area contributed by atoms with Crippen LogP contribution in [-0.4, -0.2) is 35.8 Å². The molecule has 1 N–H and O–H groups in total. The molecule has 6 heteroatoms. The van der Waals surface area contributed by atoms with Gasteiger partial charge in [-0.1, -0.05) is 67.7 Å². The Morgan fingerprint density at radius 3 is 1.48 bits per heavy atom. The summed E-state index contributed by atoms with van der Waals surface area (Å²) in [7, 11) is 0. The first-order valence-corrected chi connectivity index (χ1v) is 7.91. The minimum Gasteiger partial charge on any atom is -0.508 e. The Kier molecular flexibility index (Phi) is 11.3. The molecule has 0 saturated carbocycles. The van der Waals surface area contributed by atoms with Gasteiger partial charge in [-0.15, -0.1) is 0 Å². The van der Waals surface area contributed by atoms with Crippen LogP contribution in [0.25, 0.3) is 0 Å². The topological polar surface area (TPSA) is 38.7 Å². The number of benzene rings is 1. The molecule has 0 spiro atoms. The van der Waals surface area contributed by atoms with Gasteiger partial charge in [0.2, 0.25) is 0 Å². The summed E-state index contributed by atoms with van der Waals surface area (Å²) in [6.45, 7) is 9.57. The third kappa shape index (κ3) is 13.2. The van der Waals surface area contributed by atoms with Crippen LogP contribution in [0.5, 0.6) is 5.75 Å². The lowest BCUT2D eigenvalue weighted by molar-refractivity contribution is -0.0334. The molecule has 0 amide bonds. The molecule has 122 valence electrons. The Morgan fingerprint density at radius 1 is 0.905 bits per heavy atom. The number of hydrogen-bond acceptors (Lipinski definition) is 3. The Morgan fingerprint density at radius 2 is 1.24 bits per heavy atom. The monoisotopic (exact) mass is 356 g/mol. The predicted octanol–water partition coefficient (Wildman–Crippen LogP) is 4.71. The summed E-state index contributed by atoms with van der Waals surface area (Å²) in [5.74, 6) is 0.331. The molecule has 1 saturated heterocycles. The first-order chi connectivity index (χ1) is 9.73. The maximum atomic E-state index is 9.02. The van der Waals surface area contributed by atoms with Crippen molar-refractivity contribution in [3.63, 3.8) is 0 Å². The predicted molar refractivity (Wildman–Crippen MR) is 89.8 cm³/mol. The zero-order valence-electron chi connectivity index (χ0n) is 12.6. The molecule has 0 aromatic heterocycles. The SMILES string of the molecule is C1COCCO1.CC(C)(C)c1ccc(O)cc1.ClC(Cl)Cl. The van der Waals surface area contributed by atoms with Gasteiger partial charge < -0.3 is 14.6 Å². The number of rotatable bonds is 0. The summed E-state index contributed by atoms with van der Waals surface area (Å²) in [6, 6.07) is 7.35. The number of hydrogen-bond donors (Lipinski definition) is 1. The maximum Gasteiger partial charge on any atom is 0.180 e. The Hall–Kier alpha value is -0.190. The second kappa shape index (κ2) is 11.4. The average molecular weight is 358 g/mol. The minimum atomic E-state index is -0.750. The lowest BCUT2D eigenvalue weighted by atomic mass is 9.87. The Balaban J connectivity index is 0.000000335. The van der Waals surface area contributed by atoms with Crippen molar-refractivity contribution < 1.29 is 14.6 Å². The zero-order valence-corrected chi connectivity index (χ0v) is 14.9. The zero-order chi connectivity index (χ0) is 16.3. The first-order valence-electron chi connectivity index (χ1n) is 6.60. The van der Waals surface area contributed by atoms with Gasteiger partial charge >= 0.3 is 0 Å². The molecular weight excluding hydrogens is 335 g/mol. The minimum absolute atomic E-state index is 0.174. The summed E-state index contributed by atoms with van der Waals surface area (Å²) >= 11 is 14.4. The van der Waals surface area contributed by atoms with Crippen LogP contribution in [-0.2, 0) is 14.9 Å². The normalized spacial score (nSPS) is 14.6. The molecule has 1 aliphatic heterocycles. The molecular formula is C15H23Cl3O3. The van der Waals surface area contributed by atoms with Gasteiger partial charge in [0, 0.05) is 0 Å². The van der Waals surface area contributed by atoms with E-state index in [9.17, 15) is 0 Å². The quantitative estimate of drug-likeness (QED) is 0.683. The Bertz CT molecular complexity index is 343. The highest BCUT2D eigenvalue weighted by Gasteiger charge is 2.12. The third-order valence-corrected chi connectivity index (χ3v) is 2.48. The highest BCUT2D eigenvalue weighted by molar-refractivity contribution is 6.63. The van der Waals surface area contributed by atoms with Gasteiger partial charge in [-0.05, 0) is 23.1 Å². The first kappa shape index (κ1) is 20.8. The van der Waals surface area contributed by atoms with E-state index in [1.165, 1.54) is 5.56 Å². The van der Waals surface area contributed by atoms with E-state index in [-0.39, 0.29) is 5.41 Å². The van der Waals surface area contributed by atoms with Gasteiger partial charge in [0.1, 0.15) is 5.75 Å². The van der Waals surface area contributed by atoms with Crippen LogP contribution in [0.15, 0.2) is 24.3 Å². The highest BCUT2D eigenvalue weighted by atomic mass is 35.6. The summed E-state index contributed by atoms with van der Waals surface area (Å²) in [5, 5.41) is 9.02. The smallest absolute Gasteiger partial charge is 0.180 e. The van der Waals surface area contributed by atoms with Crippen LogP contribution in [0.2, 0.25) is 0 Å². The fraction of sp³-hybridized carbons (Fsp3) is 0.600. The van der Waals surface area contributed by atoms with Gasteiger partial charge in [0.15, 0.2) is 4.30 Å². The number of aromatic hydroxyl groups is 1. The van der Waals surface area contributed by atoms with Crippen LogP contribution in [0.3, 0.4) is 0 Å². The molecule has 1 aromatic rings. The average Bonchev–Trinajstić information content (AvgIpc) is 2.40. The molecule has 0 radical (unpaired) electrons. The van der Waals surface area contributed by atoms with E-state index in [0.29, 0.717) is 5.75 Å². The number of phenols is 1. The third-order valence-electron chi connectivity index (χ3n) is 2.48. The summed E-state index contributed by atoms with van der Waals surface area (Å²) < 4.78 is 9.14. The second-order valence-corrected chi connectivity index (χ2v) is 7.25. The summed E-state index contributed by atoms with van der Waals surface area (Å²) in [6.07, 6.45) is 0. The number of ether oxygens (including phenoxy) is 2. The van der Waals surface area contributed by atoms with E-state index in [2.05, 4.69) is 20.8 Å². The fourth-order valence-electron chi connectivity index (χ4n) is 1.40. The van der Waals surface area contributed by atoms with E-state index >= 15 is 0 Å². The number of phenolic OH excluding ortho intramolecular Hbond substituents is 1. The van der Waals surface area contributed by atoms with Gasteiger partial charge in [-0.25, -0.2) is 0 Å². The second-order valence-electron chi connectivity index (χ2n) is 5.27. The molecule has 0 unspecified atom stereocenters. The molecule has 2 rings (SSSR count). The molecule has 1 aliphatic rings. The molecule has 3 nitrogen and oxygen atoms in total. The van der Waals surface area contributed by atoms with Crippen molar-refractivity contribution in [1.29, 1.82) is 0 Å². The van der Waals surface area contributed by atoms with E-state index < -0.39 is 4.30 Å². The van der Waals surface area contributed by atoms with Crippen molar-refractivity contribution in [2.45, 2.75) is 30.5 Å². The van der Waals surface area contributed by atoms with Crippen molar-refractivity contribution in [2.24, 2.45) is 0 Å². The largest absolute Gasteiger partial charge is 0.508 e. The van der Waals surface area contributed by atoms with Crippen molar-refractivity contribution in [3.05, 3.63) is 29.8 Å². The van der Waals surface area contributed by atoms with Crippen LogP contribution < -0.4 is 0 Å². The van der Waals surface area contributed by atoms with Gasteiger partial charge in [-0.3, -0.25) is 0 Å². The van der Waals surface area contributed by atoms with Gasteiger partial charge in [0.05, 0.1) is 26.4 Å². The van der Waals surface area contributed by atoms with Gasteiger partial charge in [0.25, 0.3) is 0 Å². The van der Waals surface area contributed by atoms with Crippen LogP contribution in [0, 0.1) is 0 Å². The molecule has 0 bridgehead atoms. The van der Waals surface area contributed by atoms with E-state index in [4.69, 9.17) is 49.4 Å². The van der Waals surface area contributed by atoms with Crippen molar-refractivity contribution in [1.82, 2.24) is 0 Å². The number of halogens is 3. The van der Waals surface area contributed by atoms with Crippen molar-refractivity contribution in [2.75, 3.05) is 26.4 Å². The molecule has 21 heavy (non-hydrogen) atoms. The van der Waals surface area contributed by atoms with Crippen LogP contribution in [0.4, 0.5) is 0 Å². The van der Waals surface area contributed by atoms with Crippen LogP contribution in [0.1, 0.15) is 26.3 Å². The van der Waals surface area contributed by atoms with E-state index in [1.807, 2.05) is 12.1 Å². The summed E-state index contributed by atoms with van der Waals surface area (Å²) in [4.78, 5) is 0. The lowest BCUT2D eigenvalue weighted by Crippen LogP contribution is -2.16. The maximum absolute atomic E-state index is 9.02. The highest BCUT2D eigenvalue weighted by Crippen LogP contribution is 2.23. The number of alkyl halides is 3. The van der Waals surface area contributed by atoms with Crippen molar-refractivity contribution >= 4 is 34.8 Å². The standard InChI is InChI=1S/C10H14O.C4H8O2.CHCl3/c1-10(2,3)8-4-6-9(11)7-5-8;1-2-6-4-3-5-1;2-1(3)4/h4-7,11H,1-3H3;1-4H2;1H. The Labute approximate surface area is 142 Å². The molecule has 1 heterocycles. The lowest BCUT2D eigenvalue weighted by Gasteiger charge is -2.18. The summed E-state index contributed by atoms with van der Waals surface area (Å²) in [5.41, 5.74) is 1.42. The van der Waals surface area contributed by atoms with Crippen molar-refractivity contribution in [3.8, 4) is 5.75 Å². The molecule has 1 fully saturated rings. The fourth-order valence-corrected chi connectivity index (χ4v) is 1.40. The molecule has 0 atom stereocenters. The molecule has 0 aliphatic carbocycles. The van der Waals surface area contributed by atoms with E-state index in [1.54, 1.807) is 12.1 Å². The molecule has 1 aromatic carbocycles. The van der Waals surface area contributed by atoms with E-state index in [0.717, 1.165) is 26.4 Å². The van der Waals surface area contributed by atoms with Crippen LogP contribution >= 0.6 is 34.8 Å². The van der Waals surface area contributed by atoms with Gasteiger partial charge in [-0.2, -0.15) is 0 Å².